The van der Waals surface area contributed by atoms with Crippen LogP contribution in [0, 0.1) is 13.8 Å². The number of nitrogen functional groups attached to an aromatic ring is 1. The zero-order valence-corrected chi connectivity index (χ0v) is 18.8. The van der Waals surface area contributed by atoms with Crippen LogP contribution >= 0.6 is 11.8 Å². The third-order valence-corrected chi connectivity index (χ3v) is 7.94. The summed E-state index contributed by atoms with van der Waals surface area (Å²) in [5.41, 5.74) is 10.5. The molecule has 1 heterocycles. The Hall–Kier alpha value is -3.03. The summed E-state index contributed by atoms with van der Waals surface area (Å²) in [5.74, 6) is -0.282. The van der Waals surface area contributed by atoms with Crippen molar-refractivity contribution in [3.05, 3.63) is 87.8 Å². The van der Waals surface area contributed by atoms with Crippen molar-refractivity contribution in [3.63, 3.8) is 0 Å². The molecule has 0 spiro atoms. The Balaban J connectivity index is 1.65. The standard InChI is InChI=1S/C24H22N2O3S2/c1-15-4-3-5-16(2)20(15)14-31(28,29)19-10-11-21-22(13-19)30-23(24(27)26-21)12-17-6-8-18(25)9-7-17/h3-13H,14,25H2,1-2H3,(H,26,27). The molecule has 1 amide bonds. The van der Waals surface area contributed by atoms with Crippen molar-refractivity contribution in [1.29, 1.82) is 0 Å². The van der Waals surface area contributed by atoms with Gasteiger partial charge in [0.25, 0.3) is 5.91 Å². The number of hydrogen-bond donors (Lipinski definition) is 2. The molecular weight excluding hydrogens is 428 g/mol. The first-order valence-electron chi connectivity index (χ1n) is 9.71. The van der Waals surface area contributed by atoms with Crippen LogP contribution in [0.4, 0.5) is 11.4 Å². The molecule has 0 atom stereocenters. The van der Waals surface area contributed by atoms with Gasteiger partial charge < -0.3 is 11.1 Å². The quantitative estimate of drug-likeness (QED) is 0.434. The van der Waals surface area contributed by atoms with Gasteiger partial charge in [-0.3, -0.25) is 4.79 Å². The fourth-order valence-electron chi connectivity index (χ4n) is 3.42. The minimum atomic E-state index is -3.55. The molecule has 3 N–H and O–H groups in total. The maximum atomic E-state index is 13.1. The van der Waals surface area contributed by atoms with Gasteiger partial charge in [0, 0.05) is 10.6 Å². The van der Waals surface area contributed by atoms with Gasteiger partial charge in [0.2, 0.25) is 0 Å². The molecule has 31 heavy (non-hydrogen) atoms. The molecule has 4 rings (SSSR count). The van der Waals surface area contributed by atoms with Gasteiger partial charge in [-0.1, -0.05) is 42.1 Å². The largest absolute Gasteiger partial charge is 0.399 e. The molecule has 0 aliphatic carbocycles. The SMILES string of the molecule is Cc1cccc(C)c1CS(=O)(=O)c1ccc2c(c1)SC(=Cc1ccc(N)cc1)C(=O)N2. The number of amides is 1. The van der Waals surface area contributed by atoms with Gasteiger partial charge in [0.1, 0.15) is 0 Å². The molecule has 7 heteroatoms. The highest BCUT2D eigenvalue weighted by Gasteiger charge is 2.25. The summed E-state index contributed by atoms with van der Waals surface area (Å²) in [6, 6.07) is 17.8. The van der Waals surface area contributed by atoms with E-state index in [-0.39, 0.29) is 16.6 Å². The van der Waals surface area contributed by atoms with Gasteiger partial charge in [0.15, 0.2) is 9.84 Å². The predicted octanol–water partition coefficient (Wildman–Crippen LogP) is 4.94. The number of hydrogen-bond acceptors (Lipinski definition) is 5. The fourth-order valence-corrected chi connectivity index (χ4v) is 6.06. The Morgan fingerprint density at radius 1 is 1.00 bits per heavy atom. The number of carbonyl (C=O) groups is 1. The molecule has 5 nitrogen and oxygen atoms in total. The van der Waals surface area contributed by atoms with Crippen LogP contribution < -0.4 is 11.1 Å². The number of anilines is 2. The summed E-state index contributed by atoms with van der Waals surface area (Å²) in [6.07, 6.45) is 1.76. The molecule has 1 aliphatic rings. The first-order chi connectivity index (χ1) is 14.7. The summed E-state index contributed by atoms with van der Waals surface area (Å²) >= 11 is 1.26. The molecular formula is C24H22N2O3S2. The number of fused-ring (bicyclic) bond motifs is 1. The lowest BCUT2D eigenvalue weighted by Crippen LogP contribution is -2.17. The van der Waals surface area contributed by atoms with E-state index in [9.17, 15) is 13.2 Å². The van der Waals surface area contributed by atoms with E-state index in [4.69, 9.17) is 5.73 Å². The number of rotatable bonds is 4. The average molecular weight is 451 g/mol. The van der Waals surface area contributed by atoms with Crippen LogP contribution in [0.2, 0.25) is 0 Å². The number of carbonyl (C=O) groups excluding carboxylic acids is 1. The van der Waals surface area contributed by atoms with Crippen molar-refractivity contribution < 1.29 is 13.2 Å². The lowest BCUT2D eigenvalue weighted by atomic mass is 10.1. The third-order valence-electron chi connectivity index (χ3n) is 5.22. The van der Waals surface area contributed by atoms with Crippen molar-refractivity contribution >= 4 is 45.0 Å². The summed E-state index contributed by atoms with van der Waals surface area (Å²) < 4.78 is 26.3. The minimum Gasteiger partial charge on any atom is -0.399 e. The molecule has 0 radical (unpaired) electrons. The van der Waals surface area contributed by atoms with E-state index in [2.05, 4.69) is 5.32 Å². The molecule has 1 aliphatic heterocycles. The highest BCUT2D eigenvalue weighted by Crippen LogP contribution is 2.40. The molecule has 0 saturated heterocycles. The smallest absolute Gasteiger partial charge is 0.262 e. The zero-order chi connectivity index (χ0) is 22.2. The molecule has 158 valence electrons. The van der Waals surface area contributed by atoms with Gasteiger partial charge in [-0.2, -0.15) is 0 Å². The maximum Gasteiger partial charge on any atom is 0.262 e. The highest BCUT2D eigenvalue weighted by molar-refractivity contribution is 8.04. The van der Waals surface area contributed by atoms with E-state index < -0.39 is 9.84 Å². The number of thioether (sulfide) groups is 1. The van der Waals surface area contributed by atoms with Gasteiger partial charge in [0.05, 0.1) is 21.2 Å². The minimum absolute atomic E-state index is 0.0601. The lowest BCUT2D eigenvalue weighted by molar-refractivity contribution is -0.112. The van der Waals surface area contributed by atoms with Crippen molar-refractivity contribution in [2.45, 2.75) is 29.4 Å². The van der Waals surface area contributed by atoms with E-state index in [1.165, 1.54) is 11.8 Å². The first-order valence-corrected chi connectivity index (χ1v) is 12.2. The van der Waals surface area contributed by atoms with Crippen molar-refractivity contribution in [1.82, 2.24) is 0 Å². The molecule has 0 bridgehead atoms. The van der Waals surface area contributed by atoms with Gasteiger partial charge >= 0.3 is 0 Å². The summed E-state index contributed by atoms with van der Waals surface area (Å²) in [5, 5.41) is 2.84. The van der Waals surface area contributed by atoms with E-state index >= 15 is 0 Å². The first kappa shape index (κ1) is 21.2. The van der Waals surface area contributed by atoms with Crippen LogP contribution in [-0.4, -0.2) is 14.3 Å². The van der Waals surface area contributed by atoms with Crippen LogP contribution in [0.15, 0.2) is 75.4 Å². The van der Waals surface area contributed by atoms with Gasteiger partial charge in [-0.05, 0) is 72.5 Å². The van der Waals surface area contributed by atoms with Gasteiger partial charge in [-0.15, -0.1) is 0 Å². The van der Waals surface area contributed by atoms with E-state index in [0.29, 0.717) is 21.2 Å². The molecule has 0 fully saturated rings. The van der Waals surface area contributed by atoms with Crippen LogP contribution in [0.25, 0.3) is 6.08 Å². The van der Waals surface area contributed by atoms with Gasteiger partial charge in [-0.25, -0.2) is 8.42 Å². The number of aryl methyl sites for hydroxylation is 2. The van der Waals surface area contributed by atoms with Crippen LogP contribution in [0.5, 0.6) is 0 Å². The number of benzene rings is 3. The van der Waals surface area contributed by atoms with E-state index in [1.54, 1.807) is 36.4 Å². The Morgan fingerprint density at radius 3 is 2.35 bits per heavy atom. The van der Waals surface area contributed by atoms with Crippen molar-refractivity contribution in [2.75, 3.05) is 11.1 Å². The average Bonchev–Trinajstić information content (AvgIpc) is 2.73. The number of nitrogens with one attached hydrogen (secondary N) is 1. The van der Waals surface area contributed by atoms with Crippen LogP contribution in [-0.2, 0) is 20.4 Å². The molecule has 0 aromatic heterocycles. The van der Waals surface area contributed by atoms with Crippen molar-refractivity contribution in [3.8, 4) is 0 Å². The zero-order valence-electron chi connectivity index (χ0n) is 17.2. The highest BCUT2D eigenvalue weighted by atomic mass is 32.2. The second kappa shape index (κ2) is 8.24. The second-order valence-corrected chi connectivity index (χ2v) is 10.6. The van der Waals surface area contributed by atoms with E-state index in [0.717, 1.165) is 22.3 Å². The Bertz CT molecular complexity index is 1290. The van der Waals surface area contributed by atoms with Crippen LogP contribution in [0.3, 0.4) is 0 Å². The predicted molar refractivity (Wildman–Crippen MR) is 127 cm³/mol. The Morgan fingerprint density at radius 2 is 1.68 bits per heavy atom. The molecule has 3 aromatic rings. The Kier molecular flexibility index (Phi) is 5.64. The monoisotopic (exact) mass is 450 g/mol. The second-order valence-electron chi connectivity index (χ2n) is 7.52. The van der Waals surface area contributed by atoms with E-state index in [1.807, 2.05) is 44.2 Å². The number of sulfone groups is 1. The molecule has 0 unspecified atom stereocenters. The fraction of sp³-hybridized carbons (Fsp3) is 0.125. The lowest BCUT2D eigenvalue weighted by Gasteiger charge is -2.20. The maximum absolute atomic E-state index is 13.1. The normalized spacial score (nSPS) is 14.9. The summed E-state index contributed by atoms with van der Waals surface area (Å²) in [6.45, 7) is 3.84. The van der Waals surface area contributed by atoms with Crippen molar-refractivity contribution in [2.24, 2.45) is 0 Å². The Labute approximate surface area is 186 Å². The third kappa shape index (κ3) is 4.52. The molecule has 0 saturated carbocycles. The molecule has 3 aromatic carbocycles. The summed E-state index contributed by atoms with van der Waals surface area (Å²) in [7, 11) is -3.55. The summed E-state index contributed by atoms with van der Waals surface area (Å²) in [4.78, 5) is 13.9. The topological polar surface area (TPSA) is 89.3 Å². The van der Waals surface area contributed by atoms with Crippen LogP contribution in [0.1, 0.15) is 22.3 Å². The number of nitrogens with two attached hydrogens (primary N) is 1.